The molecule has 4 nitrogen and oxygen atoms in total. The van der Waals surface area contributed by atoms with Crippen LogP contribution in [0, 0.1) is 6.92 Å². The monoisotopic (exact) mass is 281 g/mol. The molecule has 0 bridgehead atoms. The average Bonchev–Trinajstić information content (AvgIpc) is 3.01. The van der Waals surface area contributed by atoms with Crippen LogP contribution in [0.2, 0.25) is 0 Å². The van der Waals surface area contributed by atoms with E-state index in [0.29, 0.717) is 13.1 Å². The van der Waals surface area contributed by atoms with Gasteiger partial charge in [0, 0.05) is 29.4 Å². The summed E-state index contributed by atoms with van der Waals surface area (Å²) in [5.74, 6) is 0.228. The molecule has 1 fully saturated rings. The summed E-state index contributed by atoms with van der Waals surface area (Å²) in [6.07, 6.45) is 2.28. The first-order valence-corrected chi connectivity index (χ1v) is 7.68. The first kappa shape index (κ1) is 14.5. The molecule has 1 amide bonds. The number of likely N-dealkylation sites (tertiary alicyclic amines) is 1. The normalized spacial score (nSPS) is 17.2. The smallest absolute Gasteiger partial charge is 0.236 e. The Kier molecular flexibility index (Phi) is 4.96. The number of hydrogen-bond donors (Lipinski definition) is 1. The Bertz CT molecular complexity index is 426. The molecule has 1 aliphatic rings. The molecule has 0 aliphatic carbocycles. The second kappa shape index (κ2) is 6.50. The zero-order valence-electron chi connectivity index (χ0n) is 11.8. The zero-order valence-corrected chi connectivity index (χ0v) is 12.6. The van der Waals surface area contributed by atoms with Gasteiger partial charge in [-0.05, 0) is 38.9 Å². The fourth-order valence-electron chi connectivity index (χ4n) is 2.54. The fraction of sp³-hybridized carbons (Fsp3) is 0.643. The van der Waals surface area contributed by atoms with Gasteiger partial charge >= 0.3 is 0 Å². The van der Waals surface area contributed by atoms with Crippen molar-refractivity contribution < 1.29 is 4.79 Å². The predicted octanol–water partition coefficient (Wildman–Crippen LogP) is 1.61. The van der Waals surface area contributed by atoms with Gasteiger partial charge in [0.15, 0.2) is 0 Å². The highest BCUT2D eigenvalue weighted by molar-refractivity contribution is 7.12. The van der Waals surface area contributed by atoms with Crippen LogP contribution >= 0.6 is 11.3 Å². The Morgan fingerprint density at radius 1 is 1.47 bits per heavy atom. The maximum Gasteiger partial charge on any atom is 0.236 e. The van der Waals surface area contributed by atoms with E-state index >= 15 is 0 Å². The fourth-order valence-corrected chi connectivity index (χ4v) is 3.59. The topological polar surface area (TPSA) is 49.6 Å². The Balaban J connectivity index is 1.96. The van der Waals surface area contributed by atoms with E-state index in [9.17, 15) is 4.79 Å². The number of hydrogen-bond acceptors (Lipinski definition) is 4. The molecule has 1 saturated heterocycles. The van der Waals surface area contributed by atoms with Crippen LogP contribution in [0.15, 0.2) is 12.1 Å². The summed E-state index contributed by atoms with van der Waals surface area (Å²) in [7, 11) is 1.99. The summed E-state index contributed by atoms with van der Waals surface area (Å²) >= 11 is 1.76. The van der Waals surface area contributed by atoms with Crippen molar-refractivity contribution in [2.45, 2.75) is 25.8 Å². The summed E-state index contributed by atoms with van der Waals surface area (Å²) in [5, 5.41) is 0. The molecule has 106 valence electrons. The number of amides is 1. The molecule has 1 aromatic rings. The van der Waals surface area contributed by atoms with Crippen LogP contribution in [0.25, 0.3) is 0 Å². The SMILES string of the molecule is Cc1ccc(C(CN)N(C)CC(=O)N2CCCC2)s1. The number of nitrogens with zero attached hydrogens (tertiary/aromatic N) is 2. The maximum absolute atomic E-state index is 12.2. The van der Waals surface area contributed by atoms with Crippen molar-refractivity contribution >= 4 is 17.2 Å². The van der Waals surface area contributed by atoms with Crippen LogP contribution < -0.4 is 5.73 Å². The van der Waals surface area contributed by atoms with Crippen molar-refractivity contribution in [3.63, 3.8) is 0 Å². The van der Waals surface area contributed by atoms with Crippen LogP contribution in [0.3, 0.4) is 0 Å². The van der Waals surface area contributed by atoms with Gasteiger partial charge in [-0.3, -0.25) is 9.69 Å². The molecule has 1 atom stereocenters. The molecule has 0 saturated carbocycles. The molecule has 2 N–H and O–H groups in total. The summed E-state index contributed by atoms with van der Waals surface area (Å²) in [6.45, 7) is 4.93. The molecule has 0 spiro atoms. The number of aryl methyl sites for hydroxylation is 1. The van der Waals surface area contributed by atoms with E-state index in [2.05, 4.69) is 24.0 Å². The van der Waals surface area contributed by atoms with E-state index in [4.69, 9.17) is 5.73 Å². The largest absolute Gasteiger partial charge is 0.342 e. The minimum Gasteiger partial charge on any atom is -0.342 e. The van der Waals surface area contributed by atoms with Crippen molar-refractivity contribution in [1.82, 2.24) is 9.80 Å². The first-order chi connectivity index (χ1) is 9.11. The standard InChI is InChI=1S/C14H23N3OS/c1-11-5-6-13(19-11)12(9-15)16(2)10-14(18)17-7-3-4-8-17/h5-6,12H,3-4,7-10,15H2,1-2H3. The molecular weight excluding hydrogens is 258 g/mol. The number of nitrogens with two attached hydrogens (primary N) is 1. The van der Waals surface area contributed by atoms with Crippen LogP contribution in [0.5, 0.6) is 0 Å². The van der Waals surface area contributed by atoms with Crippen LogP contribution in [-0.2, 0) is 4.79 Å². The average molecular weight is 281 g/mol. The van der Waals surface area contributed by atoms with Gasteiger partial charge in [0.2, 0.25) is 5.91 Å². The van der Waals surface area contributed by atoms with Gasteiger partial charge in [-0.25, -0.2) is 0 Å². The van der Waals surface area contributed by atoms with Crippen molar-refractivity contribution in [3.8, 4) is 0 Å². The lowest BCUT2D eigenvalue weighted by Crippen LogP contribution is -2.40. The minimum absolute atomic E-state index is 0.144. The Morgan fingerprint density at radius 3 is 2.68 bits per heavy atom. The number of carbonyl (C=O) groups excluding carboxylic acids is 1. The molecule has 0 radical (unpaired) electrons. The van der Waals surface area contributed by atoms with Gasteiger partial charge in [0.05, 0.1) is 12.6 Å². The third kappa shape index (κ3) is 3.55. The summed E-state index contributed by atoms with van der Waals surface area (Å²) < 4.78 is 0. The number of rotatable bonds is 5. The lowest BCUT2D eigenvalue weighted by atomic mass is 10.2. The van der Waals surface area contributed by atoms with Gasteiger partial charge in [0.1, 0.15) is 0 Å². The molecular formula is C14H23N3OS. The van der Waals surface area contributed by atoms with Crippen molar-refractivity contribution in [1.29, 1.82) is 0 Å². The third-order valence-electron chi connectivity index (χ3n) is 3.69. The van der Waals surface area contributed by atoms with Gasteiger partial charge in [-0.15, -0.1) is 11.3 Å². The molecule has 5 heteroatoms. The molecule has 2 heterocycles. The summed E-state index contributed by atoms with van der Waals surface area (Å²) in [4.78, 5) is 18.7. The van der Waals surface area contributed by atoms with E-state index in [0.717, 1.165) is 25.9 Å². The molecule has 2 rings (SSSR count). The number of carbonyl (C=O) groups is 1. The van der Waals surface area contributed by atoms with Crippen molar-refractivity contribution in [2.24, 2.45) is 5.73 Å². The molecule has 1 aliphatic heterocycles. The summed E-state index contributed by atoms with van der Waals surface area (Å²) in [6, 6.07) is 4.37. The first-order valence-electron chi connectivity index (χ1n) is 6.86. The van der Waals surface area contributed by atoms with Gasteiger partial charge in [-0.1, -0.05) is 0 Å². The van der Waals surface area contributed by atoms with Crippen LogP contribution in [-0.4, -0.2) is 48.9 Å². The predicted molar refractivity (Wildman–Crippen MR) is 79.3 cm³/mol. The molecule has 1 unspecified atom stereocenters. The van der Waals surface area contributed by atoms with E-state index in [1.165, 1.54) is 9.75 Å². The minimum atomic E-state index is 0.144. The third-order valence-corrected chi connectivity index (χ3v) is 4.79. The highest BCUT2D eigenvalue weighted by Gasteiger charge is 2.23. The summed E-state index contributed by atoms with van der Waals surface area (Å²) in [5.41, 5.74) is 5.88. The number of thiophene rings is 1. The van der Waals surface area contributed by atoms with Crippen LogP contribution in [0.1, 0.15) is 28.6 Å². The Morgan fingerprint density at radius 2 is 2.16 bits per heavy atom. The van der Waals surface area contributed by atoms with E-state index in [1.807, 2.05) is 11.9 Å². The zero-order chi connectivity index (χ0) is 13.8. The quantitative estimate of drug-likeness (QED) is 0.892. The maximum atomic E-state index is 12.2. The van der Waals surface area contributed by atoms with Gasteiger partial charge in [0.25, 0.3) is 0 Å². The van der Waals surface area contributed by atoms with Crippen LogP contribution in [0.4, 0.5) is 0 Å². The molecule has 19 heavy (non-hydrogen) atoms. The Labute approximate surface area is 119 Å². The lowest BCUT2D eigenvalue weighted by Gasteiger charge is -2.27. The van der Waals surface area contributed by atoms with Gasteiger partial charge in [-0.2, -0.15) is 0 Å². The second-order valence-electron chi connectivity index (χ2n) is 5.20. The van der Waals surface area contributed by atoms with E-state index < -0.39 is 0 Å². The van der Waals surface area contributed by atoms with Crippen molar-refractivity contribution in [3.05, 3.63) is 21.9 Å². The second-order valence-corrected chi connectivity index (χ2v) is 6.52. The van der Waals surface area contributed by atoms with E-state index in [-0.39, 0.29) is 11.9 Å². The highest BCUT2D eigenvalue weighted by atomic mass is 32.1. The lowest BCUT2D eigenvalue weighted by molar-refractivity contribution is -0.131. The molecule has 1 aromatic heterocycles. The van der Waals surface area contributed by atoms with E-state index in [1.54, 1.807) is 11.3 Å². The molecule has 0 aromatic carbocycles. The van der Waals surface area contributed by atoms with Crippen molar-refractivity contribution in [2.75, 3.05) is 33.2 Å². The highest BCUT2D eigenvalue weighted by Crippen LogP contribution is 2.26. The number of likely N-dealkylation sites (N-methyl/N-ethyl adjacent to an activating group) is 1. The Hall–Kier alpha value is -0.910. The van der Waals surface area contributed by atoms with Gasteiger partial charge < -0.3 is 10.6 Å².